The van der Waals surface area contributed by atoms with Gasteiger partial charge in [0.05, 0.1) is 18.7 Å². The zero-order valence-electron chi connectivity index (χ0n) is 14.2. The monoisotopic (exact) mass is 330 g/mol. The number of carbonyl (C=O) groups is 1. The summed E-state index contributed by atoms with van der Waals surface area (Å²) in [6.45, 7) is 0.515. The molecule has 0 aromatic heterocycles. The topological polar surface area (TPSA) is 53.3 Å². The first-order valence-corrected chi connectivity index (χ1v) is 7.93. The number of fused-ring (bicyclic) bond motifs is 1. The Bertz CT molecular complexity index is 956. The van der Waals surface area contributed by atoms with Gasteiger partial charge in [-0.2, -0.15) is 5.26 Å². The maximum atomic E-state index is 12.5. The molecule has 0 radical (unpaired) electrons. The summed E-state index contributed by atoms with van der Waals surface area (Å²) in [6.07, 6.45) is 0. The average Bonchev–Trinajstić information content (AvgIpc) is 2.67. The number of hydrogen-bond acceptors (Lipinski definition) is 3. The molecule has 0 spiro atoms. The second-order valence-electron chi connectivity index (χ2n) is 5.90. The molecule has 4 heteroatoms. The number of ether oxygens (including phenoxy) is 1. The minimum atomic E-state index is -0.0701. The fraction of sp³-hybridized carbons (Fsp3) is 0.143. The van der Waals surface area contributed by atoms with Gasteiger partial charge < -0.3 is 9.64 Å². The van der Waals surface area contributed by atoms with E-state index < -0.39 is 0 Å². The van der Waals surface area contributed by atoms with Gasteiger partial charge in [0.1, 0.15) is 5.75 Å². The molecule has 124 valence electrons. The zero-order chi connectivity index (χ0) is 17.8. The first-order chi connectivity index (χ1) is 12.1. The van der Waals surface area contributed by atoms with Gasteiger partial charge in [-0.05, 0) is 58.8 Å². The Labute approximate surface area is 146 Å². The van der Waals surface area contributed by atoms with Crippen LogP contribution < -0.4 is 4.74 Å². The van der Waals surface area contributed by atoms with Gasteiger partial charge in [0.25, 0.3) is 5.91 Å². The van der Waals surface area contributed by atoms with E-state index in [0.29, 0.717) is 17.7 Å². The van der Waals surface area contributed by atoms with Crippen molar-refractivity contribution in [3.8, 4) is 11.8 Å². The summed E-state index contributed by atoms with van der Waals surface area (Å²) in [7, 11) is 3.43. The molecule has 25 heavy (non-hydrogen) atoms. The SMILES string of the molecule is COc1ccc2cc(CN(C)C(=O)c3ccc(C#N)cc3)ccc2c1. The smallest absolute Gasteiger partial charge is 0.253 e. The number of carbonyl (C=O) groups excluding carboxylic acids is 1. The highest BCUT2D eigenvalue weighted by Gasteiger charge is 2.12. The number of rotatable bonds is 4. The van der Waals surface area contributed by atoms with Crippen LogP contribution in [0.15, 0.2) is 60.7 Å². The first kappa shape index (κ1) is 16.5. The first-order valence-electron chi connectivity index (χ1n) is 7.93. The quantitative estimate of drug-likeness (QED) is 0.727. The van der Waals surface area contributed by atoms with E-state index in [9.17, 15) is 4.79 Å². The zero-order valence-corrected chi connectivity index (χ0v) is 14.2. The van der Waals surface area contributed by atoms with Crippen molar-refractivity contribution >= 4 is 16.7 Å². The van der Waals surface area contributed by atoms with Crippen molar-refractivity contribution in [3.05, 3.63) is 77.4 Å². The molecule has 0 heterocycles. The normalized spacial score (nSPS) is 10.3. The number of benzene rings is 3. The van der Waals surface area contributed by atoms with E-state index in [2.05, 4.69) is 12.1 Å². The lowest BCUT2D eigenvalue weighted by atomic mass is 10.1. The largest absolute Gasteiger partial charge is 0.497 e. The molecule has 0 saturated carbocycles. The van der Waals surface area contributed by atoms with Crippen molar-refractivity contribution in [2.24, 2.45) is 0 Å². The maximum Gasteiger partial charge on any atom is 0.253 e. The molecule has 4 nitrogen and oxygen atoms in total. The molecule has 0 aliphatic carbocycles. The third-order valence-electron chi connectivity index (χ3n) is 4.14. The number of nitriles is 1. The van der Waals surface area contributed by atoms with Gasteiger partial charge in [-0.1, -0.05) is 18.2 Å². The van der Waals surface area contributed by atoms with Crippen molar-refractivity contribution in [2.45, 2.75) is 6.54 Å². The highest BCUT2D eigenvalue weighted by Crippen LogP contribution is 2.22. The third kappa shape index (κ3) is 3.61. The fourth-order valence-electron chi connectivity index (χ4n) is 2.75. The highest BCUT2D eigenvalue weighted by molar-refractivity contribution is 5.94. The Hall–Kier alpha value is -3.32. The third-order valence-corrected chi connectivity index (χ3v) is 4.14. The lowest BCUT2D eigenvalue weighted by Crippen LogP contribution is -2.26. The van der Waals surface area contributed by atoms with Crippen LogP contribution in [0, 0.1) is 11.3 Å². The van der Waals surface area contributed by atoms with E-state index in [1.807, 2.05) is 30.3 Å². The minimum absolute atomic E-state index is 0.0701. The second kappa shape index (κ2) is 7.06. The predicted octanol–water partition coefficient (Wildman–Crippen LogP) is 3.99. The van der Waals surface area contributed by atoms with Gasteiger partial charge in [0.2, 0.25) is 0 Å². The summed E-state index contributed by atoms with van der Waals surface area (Å²) in [5, 5.41) is 11.0. The minimum Gasteiger partial charge on any atom is -0.497 e. The van der Waals surface area contributed by atoms with Gasteiger partial charge in [-0.15, -0.1) is 0 Å². The van der Waals surface area contributed by atoms with Gasteiger partial charge in [0.15, 0.2) is 0 Å². The van der Waals surface area contributed by atoms with Crippen LogP contribution in [0.4, 0.5) is 0 Å². The summed E-state index contributed by atoms with van der Waals surface area (Å²) in [6, 6.07) is 20.8. The lowest BCUT2D eigenvalue weighted by molar-refractivity contribution is 0.0785. The molecule has 0 aliphatic heterocycles. The van der Waals surface area contributed by atoms with E-state index in [0.717, 1.165) is 22.1 Å². The number of methoxy groups -OCH3 is 1. The van der Waals surface area contributed by atoms with Gasteiger partial charge in [0, 0.05) is 19.2 Å². The molecule has 0 saturated heterocycles. The van der Waals surface area contributed by atoms with Crippen molar-refractivity contribution in [2.75, 3.05) is 14.2 Å². The molecule has 0 unspecified atom stereocenters. The van der Waals surface area contributed by atoms with Crippen LogP contribution in [0.2, 0.25) is 0 Å². The molecular weight excluding hydrogens is 312 g/mol. The average molecular weight is 330 g/mol. The van der Waals surface area contributed by atoms with E-state index in [1.54, 1.807) is 43.3 Å². The second-order valence-corrected chi connectivity index (χ2v) is 5.90. The van der Waals surface area contributed by atoms with E-state index in [-0.39, 0.29) is 5.91 Å². The lowest BCUT2D eigenvalue weighted by Gasteiger charge is -2.18. The van der Waals surface area contributed by atoms with Crippen LogP contribution in [-0.2, 0) is 6.54 Å². The van der Waals surface area contributed by atoms with Crippen LogP contribution in [0.25, 0.3) is 10.8 Å². The summed E-state index contributed by atoms with van der Waals surface area (Å²) < 4.78 is 5.24. The van der Waals surface area contributed by atoms with E-state index in [4.69, 9.17) is 10.00 Å². The number of nitrogens with zero attached hydrogens (tertiary/aromatic N) is 2. The van der Waals surface area contributed by atoms with Gasteiger partial charge in [-0.3, -0.25) is 4.79 Å². The summed E-state index contributed by atoms with van der Waals surface area (Å²) in [4.78, 5) is 14.2. The van der Waals surface area contributed by atoms with Crippen LogP contribution in [0.3, 0.4) is 0 Å². The van der Waals surface area contributed by atoms with Crippen LogP contribution in [-0.4, -0.2) is 25.0 Å². The van der Waals surface area contributed by atoms with E-state index in [1.165, 1.54) is 0 Å². The maximum absolute atomic E-state index is 12.5. The Morgan fingerprint density at radius 1 is 1.04 bits per heavy atom. The Kier molecular flexibility index (Phi) is 4.67. The van der Waals surface area contributed by atoms with Gasteiger partial charge >= 0.3 is 0 Å². The summed E-state index contributed by atoms with van der Waals surface area (Å²) >= 11 is 0. The molecule has 0 fully saturated rings. The van der Waals surface area contributed by atoms with Crippen molar-refractivity contribution in [1.29, 1.82) is 5.26 Å². The predicted molar refractivity (Wildman–Crippen MR) is 97.5 cm³/mol. The molecule has 0 bridgehead atoms. The molecule has 3 rings (SSSR count). The van der Waals surface area contributed by atoms with Crippen molar-refractivity contribution < 1.29 is 9.53 Å². The van der Waals surface area contributed by atoms with Crippen molar-refractivity contribution in [1.82, 2.24) is 4.90 Å². The summed E-state index contributed by atoms with van der Waals surface area (Å²) in [5.41, 5.74) is 2.18. The molecule has 0 aliphatic rings. The van der Waals surface area contributed by atoms with Crippen LogP contribution >= 0.6 is 0 Å². The Morgan fingerprint density at radius 3 is 2.40 bits per heavy atom. The standard InChI is InChI=1S/C21H18N2O2/c1-23(21(24)17-6-3-15(13-22)4-7-17)14-16-5-8-19-12-20(25-2)10-9-18(19)11-16/h3-12H,14H2,1-2H3. The van der Waals surface area contributed by atoms with Gasteiger partial charge in [-0.25, -0.2) is 0 Å². The molecule has 0 N–H and O–H groups in total. The van der Waals surface area contributed by atoms with E-state index >= 15 is 0 Å². The molecule has 0 atom stereocenters. The van der Waals surface area contributed by atoms with Crippen LogP contribution in [0.1, 0.15) is 21.5 Å². The molecule has 3 aromatic rings. The Balaban J connectivity index is 1.77. The highest BCUT2D eigenvalue weighted by atomic mass is 16.5. The Morgan fingerprint density at radius 2 is 1.72 bits per heavy atom. The number of hydrogen-bond donors (Lipinski definition) is 0. The molecular formula is C21H18N2O2. The molecule has 1 amide bonds. The molecule has 3 aromatic carbocycles. The van der Waals surface area contributed by atoms with Crippen LogP contribution in [0.5, 0.6) is 5.75 Å². The van der Waals surface area contributed by atoms with Crippen molar-refractivity contribution in [3.63, 3.8) is 0 Å². The summed E-state index contributed by atoms with van der Waals surface area (Å²) in [5.74, 6) is 0.757. The fourth-order valence-corrected chi connectivity index (χ4v) is 2.75. The number of amides is 1.